The molecule has 0 aliphatic heterocycles. The molecule has 0 fully saturated rings. The minimum Gasteiger partial charge on any atom is -0.345 e. The fourth-order valence-corrected chi connectivity index (χ4v) is 3.34. The van der Waals surface area contributed by atoms with E-state index >= 15 is 0 Å². The Morgan fingerprint density at radius 1 is 0.844 bits per heavy atom. The standard InChI is InChI=1S/C22H15ClN2O2.ClHO4/c1-14-7-6-12-25(13-14)20-19(24-18-11-5-4-10-17(18)23)21(26)15-8-2-3-9-16(15)22(20)27;2-1(3,4)5/h2-13H,1H3;(H,2,3,4,5). The molecule has 1 aromatic heterocycles. The Morgan fingerprint density at radius 3 is 2.00 bits per heavy atom. The average Bonchev–Trinajstić information content (AvgIpc) is 2.72. The van der Waals surface area contributed by atoms with E-state index in [1.807, 2.05) is 31.3 Å². The van der Waals surface area contributed by atoms with Crippen LogP contribution < -0.4 is 28.5 Å². The largest absolute Gasteiger partial charge is 0.345 e. The number of nitrogens with one attached hydrogen (secondary N) is 1. The predicted molar refractivity (Wildman–Crippen MR) is 105 cm³/mol. The second-order valence-corrected chi connectivity index (χ2v) is 7.86. The Hall–Kier alpha value is -3.11. The molecule has 2 aromatic carbocycles. The summed E-state index contributed by atoms with van der Waals surface area (Å²) in [6.45, 7) is 1.93. The third-order valence-corrected chi connectivity index (χ3v) is 4.77. The number of rotatable bonds is 3. The highest BCUT2D eigenvalue weighted by molar-refractivity contribution is 6.37. The number of aromatic nitrogens is 1. The molecule has 0 radical (unpaired) electrons. The number of hydrogen-bond donors (Lipinski definition) is 1. The van der Waals surface area contributed by atoms with E-state index in [1.165, 1.54) is 0 Å². The first-order chi connectivity index (χ1) is 15.1. The minimum atomic E-state index is -4.94. The zero-order valence-electron chi connectivity index (χ0n) is 16.6. The minimum absolute atomic E-state index is 0.211. The Labute approximate surface area is 190 Å². The Bertz CT molecular complexity index is 1210. The van der Waals surface area contributed by atoms with Crippen LogP contribution in [0.1, 0.15) is 26.3 Å². The summed E-state index contributed by atoms with van der Waals surface area (Å²) >= 11 is 6.26. The molecule has 1 heterocycles. The second kappa shape index (κ2) is 9.58. The highest BCUT2D eigenvalue weighted by atomic mass is 35.7. The van der Waals surface area contributed by atoms with E-state index in [9.17, 15) is 9.59 Å². The molecular formula is C22H16Cl2N2O6. The Balaban J connectivity index is 0.000000523. The van der Waals surface area contributed by atoms with Crippen molar-refractivity contribution in [2.75, 3.05) is 5.32 Å². The zero-order valence-corrected chi connectivity index (χ0v) is 18.1. The highest BCUT2D eigenvalue weighted by Gasteiger charge is 2.38. The van der Waals surface area contributed by atoms with Crippen molar-refractivity contribution in [1.82, 2.24) is 0 Å². The van der Waals surface area contributed by atoms with E-state index < -0.39 is 10.2 Å². The molecule has 8 nitrogen and oxygen atoms in total. The van der Waals surface area contributed by atoms with Gasteiger partial charge < -0.3 is 5.32 Å². The van der Waals surface area contributed by atoms with Crippen molar-refractivity contribution in [3.63, 3.8) is 0 Å². The van der Waals surface area contributed by atoms with Crippen molar-refractivity contribution in [2.45, 2.75) is 6.92 Å². The molecule has 1 aliphatic carbocycles. The van der Waals surface area contributed by atoms with E-state index in [4.69, 9.17) is 30.2 Å². The summed E-state index contributed by atoms with van der Waals surface area (Å²) in [5.41, 5.74) is 2.82. The topological polar surface area (TPSA) is 142 Å². The van der Waals surface area contributed by atoms with Gasteiger partial charge in [0.05, 0.1) is 10.7 Å². The van der Waals surface area contributed by atoms with Crippen molar-refractivity contribution >= 4 is 34.6 Å². The molecule has 32 heavy (non-hydrogen) atoms. The van der Waals surface area contributed by atoms with Gasteiger partial charge >= 0.3 is 0 Å². The monoisotopic (exact) mass is 474 g/mol. The van der Waals surface area contributed by atoms with E-state index in [2.05, 4.69) is 5.32 Å². The second-order valence-electron chi connectivity index (χ2n) is 6.70. The van der Waals surface area contributed by atoms with Crippen LogP contribution in [0.15, 0.2) is 78.8 Å². The molecule has 0 spiro atoms. The van der Waals surface area contributed by atoms with Crippen LogP contribution in [0.2, 0.25) is 5.02 Å². The third kappa shape index (κ3) is 5.57. The molecular weight excluding hydrogens is 459 g/mol. The molecule has 0 saturated carbocycles. The van der Waals surface area contributed by atoms with E-state index in [1.54, 1.807) is 53.2 Å². The van der Waals surface area contributed by atoms with Crippen LogP contribution in [-0.2, 0) is 0 Å². The molecule has 1 N–H and O–H groups in total. The summed E-state index contributed by atoms with van der Waals surface area (Å²) in [5, 5.41) is 3.56. The molecule has 0 unspecified atom stereocenters. The quantitative estimate of drug-likeness (QED) is 0.505. The van der Waals surface area contributed by atoms with Crippen LogP contribution in [0.25, 0.3) is 5.70 Å². The first kappa shape index (κ1) is 23.6. The van der Waals surface area contributed by atoms with Gasteiger partial charge in [-0.2, -0.15) is 4.57 Å². The number of carbonyl (C=O) groups excluding carboxylic acids is 2. The molecule has 0 saturated heterocycles. The van der Waals surface area contributed by atoms with Gasteiger partial charge in [-0.1, -0.05) is 48.0 Å². The summed E-state index contributed by atoms with van der Waals surface area (Å²) in [5.74, 6) is -0.454. The fraction of sp³-hybridized carbons (Fsp3) is 0.0455. The maximum atomic E-state index is 13.3. The molecule has 1 aliphatic rings. The lowest BCUT2D eigenvalue weighted by Gasteiger charge is -2.19. The number of hydrogen-bond acceptors (Lipinski definition) is 7. The van der Waals surface area contributed by atoms with Crippen molar-refractivity contribution in [1.29, 1.82) is 0 Å². The number of carbonyl (C=O) groups is 2. The number of aryl methyl sites for hydroxylation is 1. The number of anilines is 1. The van der Waals surface area contributed by atoms with Gasteiger partial charge in [0.25, 0.3) is 11.5 Å². The lowest BCUT2D eigenvalue weighted by atomic mass is 9.90. The number of Topliss-reactive ketones (excluding diaryl/α,β-unsaturated/α-hetero) is 2. The van der Waals surface area contributed by atoms with Gasteiger partial charge in [0, 0.05) is 22.8 Å². The highest BCUT2D eigenvalue weighted by Crippen LogP contribution is 2.30. The lowest BCUT2D eigenvalue weighted by molar-refractivity contribution is -2.00. The zero-order chi connectivity index (χ0) is 23.5. The number of para-hydroxylation sites is 1. The van der Waals surface area contributed by atoms with Gasteiger partial charge in [-0.3, -0.25) is 9.59 Å². The number of benzene rings is 2. The molecule has 3 aromatic rings. The van der Waals surface area contributed by atoms with Crippen LogP contribution in [0, 0.1) is 17.2 Å². The fourth-order valence-electron chi connectivity index (χ4n) is 3.15. The molecule has 0 atom stereocenters. The summed E-state index contributed by atoms with van der Waals surface area (Å²) < 4.78 is 35.7. The molecule has 164 valence electrons. The summed E-state index contributed by atoms with van der Waals surface area (Å²) in [7, 11) is -4.94. The Kier molecular flexibility index (Phi) is 7.05. The van der Waals surface area contributed by atoms with Crippen LogP contribution in [0.3, 0.4) is 0 Å². The SMILES string of the molecule is Cc1ccc[n+](C2=C(Nc3ccccc3Cl)C(=O)c3ccccc3C2=O)c1.[O-][Cl+3]([O-])([O-])[O-]. The van der Waals surface area contributed by atoms with Gasteiger partial charge in [0.15, 0.2) is 18.1 Å². The number of ketones is 2. The maximum absolute atomic E-state index is 13.3. The summed E-state index contributed by atoms with van der Waals surface area (Å²) in [4.78, 5) is 26.5. The first-order valence-electron chi connectivity index (χ1n) is 9.10. The number of fused-ring (bicyclic) bond motifs is 1. The predicted octanol–water partition coefficient (Wildman–Crippen LogP) is -0.460. The lowest BCUT2D eigenvalue weighted by Crippen LogP contribution is -2.68. The molecule has 10 heteroatoms. The van der Waals surface area contributed by atoms with Gasteiger partial charge in [-0.15, -0.1) is 10.2 Å². The van der Waals surface area contributed by atoms with E-state index in [-0.39, 0.29) is 23.0 Å². The van der Waals surface area contributed by atoms with Crippen LogP contribution in [0.4, 0.5) is 5.69 Å². The van der Waals surface area contributed by atoms with Crippen molar-refractivity contribution in [3.05, 3.63) is 100 Å². The van der Waals surface area contributed by atoms with Gasteiger partial charge in [-0.25, -0.2) is 18.6 Å². The number of halogens is 2. The number of nitrogens with zero attached hydrogens (tertiary/aromatic N) is 1. The molecule has 4 rings (SSSR count). The smallest absolute Gasteiger partial charge is 0.286 e. The molecule has 0 amide bonds. The van der Waals surface area contributed by atoms with Crippen LogP contribution >= 0.6 is 11.6 Å². The van der Waals surface area contributed by atoms with Gasteiger partial charge in [0.1, 0.15) is 0 Å². The maximum Gasteiger partial charge on any atom is 0.286 e. The van der Waals surface area contributed by atoms with Crippen LogP contribution in [0.5, 0.6) is 0 Å². The summed E-state index contributed by atoms with van der Waals surface area (Å²) in [6.07, 6.45) is 3.58. The van der Waals surface area contributed by atoms with Crippen LogP contribution in [-0.4, -0.2) is 11.6 Å². The third-order valence-electron chi connectivity index (χ3n) is 4.44. The van der Waals surface area contributed by atoms with Crippen molar-refractivity contribution in [3.8, 4) is 0 Å². The first-order valence-corrected chi connectivity index (χ1v) is 10.7. The summed E-state index contributed by atoms with van der Waals surface area (Å²) in [6, 6.07) is 17.8. The number of pyridine rings is 1. The van der Waals surface area contributed by atoms with E-state index in [0.29, 0.717) is 21.8 Å². The molecule has 0 bridgehead atoms. The van der Waals surface area contributed by atoms with E-state index in [0.717, 1.165) is 5.56 Å². The van der Waals surface area contributed by atoms with Gasteiger partial charge in [-0.05, 0) is 25.1 Å². The van der Waals surface area contributed by atoms with Gasteiger partial charge in [0.2, 0.25) is 5.78 Å². The normalized spacial score (nSPS) is 13.3. The van der Waals surface area contributed by atoms with Crippen molar-refractivity contribution in [2.24, 2.45) is 0 Å². The Morgan fingerprint density at radius 2 is 1.41 bits per heavy atom. The number of allylic oxidation sites excluding steroid dienone is 2. The average molecular weight is 475 g/mol. The van der Waals surface area contributed by atoms with Crippen molar-refractivity contribution < 1.29 is 43.0 Å².